The maximum atomic E-state index is 13.2. The van der Waals surface area contributed by atoms with E-state index in [-0.39, 0.29) is 0 Å². The Morgan fingerprint density at radius 2 is 1.78 bits per heavy atom. The minimum absolute atomic E-state index is 0.320. The summed E-state index contributed by atoms with van der Waals surface area (Å²) >= 11 is 0. The van der Waals surface area contributed by atoms with Gasteiger partial charge in [0.2, 0.25) is 0 Å². The fourth-order valence-corrected chi connectivity index (χ4v) is 4.23. The number of aromatic nitrogens is 1. The van der Waals surface area contributed by atoms with Gasteiger partial charge in [-0.25, -0.2) is 0 Å². The molecule has 0 bridgehead atoms. The van der Waals surface area contributed by atoms with Gasteiger partial charge in [-0.1, -0.05) is 36.4 Å². The molecule has 0 radical (unpaired) electrons. The fourth-order valence-electron chi connectivity index (χ4n) is 2.31. The van der Waals surface area contributed by atoms with Crippen LogP contribution >= 0.6 is 7.60 Å². The van der Waals surface area contributed by atoms with Crippen LogP contribution in [0.5, 0.6) is 0 Å². The van der Waals surface area contributed by atoms with Gasteiger partial charge in [-0.05, 0) is 31.0 Å². The fraction of sp³-hybridized carbons (Fsp3) is 0.353. The van der Waals surface area contributed by atoms with E-state index >= 15 is 0 Å². The standard InChI is InChI=1S/C17H23N2O3P/c1-3-21-23(20,22-4-2)17(16-11-8-12-18-14-16)19-13-15-9-6-5-7-10-15/h5-12,14,17,19H,3-4,13H2,1-2H3. The predicted octanol–water partition coefficient (Wildman–Crippen LogP) is 4.14. The van der Waals surface area contributed by atoms with Gasteiger partial charge in [-0.3, -0.25) is 14.9 Å². The zero-order chi connectivity index (χ0) is 16.5. The average molecular weight is 334 g/mol. The van der Waals surface area contributed by atoms with E-state index < -0.39 is 13.4 Å². The molecule has 6 heteroatoms. The predicted molar refractivity (Wildman–Crippen MR) is 91.1 cm³/mol. The van der Waals surface area contributed by atoms with Gasteiger partial charge in [-0.2, -0.15) is 0 Å². The molecule has 1 unspecified atom stereocenters. The van der Waals surface area contributed by atoms with Crippen molar-refractivity contribution >= 4 is 7.60 Å². The van der Waals surface area contributed by atoms with E-state index in [4.69, 9.17) is 9.05 Å². The summed E-state index contributed by atoms with van der Waals surface area (Å²) in [5.41, 5.74) is 1.88. The molecule has 1 atom stereocenters. The minimum atomic E-state index is -3.34. The molecule has 0 saturated carbocycles. The smallest absolute Gasteiger partial charge is 0.308 e. The molecule has 124 valence electrons. The molecule has 5 nitrogen and oxygen atoms in total. The van der Waals surface area contributed by atoms with Crippen LogP contribution in [0, 0.1) is 0 Å². The van der Waals surface area contributed by atoms with Crippen molar-refractivity contribution in [3.05, 3.63) is 66.0 Å². The Labute approximate surface area is 137 Å². The molecule has 0 fully saturated rings. The Balaban J connectivity index is 2.26. The molecule has 2 rings (SSSR count). The highest BCUT2D eigenvalue weighted by Gasteiger charge is 2.36. The third-order valence-corrected chi connectivity index (χ3v) is 5.63. The van der Waals surface area contributed by atoms with Crippen molar-refractivity contribution in [1.82, 2.24) is 10.3 Å². The van der Waals surface area contributed by atoms with Crippen molar-refractivity contribution in [2.45, 2.75) is 26.2 Å². The van der Waals surface area contributed by atoms with Crippen molar-refractivity contribution in [2.24, 2.45) is 0 Å². The largest absolute Gasteiger partial charge is 0.352 e. The SMILES string of the molecule is CCOP(=O)(OCC)C(NCc1ccccc1)c1cccnc1. The van der Waals surface area contributed by atoms with E-state index in [1.165, 1.54) is 0 Å². The summed E-state index contributed by atoms with van der Waals surface area (Å²) in [5.74, 6) is -0.559. The average Bonchev–Trinajstić information content (AvgIpc) is 2.57. The van der Waals surface area contributed by atoms with Gasteiger partial charge in [0.05, 0.1) is 13.2 Å². The lowest BCUT2D eigenvalue weighted by molar-refractivity contribution is 0.207. The van der Waals surface area contributed by atoms with E-state index in [0.29, 0.717) is 19.8 Å². The van der Waals surface area contributed by atoms with Gasteiger partial charge >= 0.3 is 7.60 Å². The van der Waals surface area contributed by atoms with Crippen LogP contribution in [0.25, 0.3) is 0 Å². The van der Waals surface area contributed by atoms with Crippen molar-refractivity contribution in [1.29, 1.82) is 0 Å². The summed E-state index contributed by atoms with van der Waals surface area (Å²) in [6, 6.07) is 13.6. The van der Waals surface area contributed by atoms with Crippen LogP contribution < -0.4 is 5.32 Å². The number of hydrogen-bond donors (Lipinski definition) is 1. The number of pyridine rings is 1. The molecule has 0 aliphatic rings. The summed E-state index contributed by atoms with van der Waals surface area (Å²) in [7, 11) is -3.34. The lowest BCUT2D eigenvalue weighted by atomic mass is 10.2. The highest BCUT2D eigenvalue weighted by Crippen LogP contribution is 2.59. The maximum absolute atomic E-state index is 13.2. The van der Waals surface area contributed by atoms with E-state index in [1.807, 2.05) is 56.3 Å². The lowest BCUT2D eigenvalue weighted by Gasteiger charge is -2.27. The highest BCUT2D eigenvalue weighted by atomic mass is 31.2. The molecule has 2 aromatic rings. The third kappa shape index (κ3) is 4.98. The van der Waals surface area contributed by atoms with Crippen LogP contribution in [0.3, 0.4) is 0 Å². The van der Waals surface area contributed by atoms with Crippen LogP contribution in [0.4, 0.5) is 0 Å². The van der Waals surface area contributed by atoms with Gasteiger partial charge in [-0.15, -0.1) is 0 Å². The molecule has 0 aliphatic heterocycles. The Morgan fingerprint density at radius 3 is 2.35 bits per heavy atom. The van der Waals surface area contributed by atoms with E-state index in [2.05, 4.69) is 10.3 Å². The Bertz CT molecular complexity index is 612. The van der Waals surface area contributed by atoms with E-state index in [0.717, 1.165) is 11.1 Å². The van der Waals surface area contributed by atoms with E-state index in [1.54, 1.807) is 12.4 Å². The Morgan fingerprint density at radius 1 is 1.09 bits per heavy atom. The first-order chi connectivity index (χ1) is 11.2. The van der Waals surface area contributed by atoms with Crippen LogP contribution in [0.1, 0.15) is 30.8 Å². The number of nitrogens with zero attached hydrogens (tertiary/aromatic N) is 1. The molecule has 1 aromatic carbocycles. The van der Waals surface area contributed by atoms with Crippen molar-refractivity contribution in [2.75, 3.05) is 13.2 Å². The second kappa shape index (κ2) is 8.94. The topological polar surface area (TPSA) is 60.5 Å². The summed E-state index contributed by atoms with van der Waals surface area (Å²) in [4.78, 5) is 4.12. The Kier molecular flexibility index (Phi) is 6.93. The van der Waals surface area contributed by atoms with E-state index in [9.17, 15) is 4.57 Å². The minimum Gasteiger partial charge on any atom is -0.308 e. The molecule has 0 saturated heterocycles. The summed E-state index contributed by atoms with van der Waals surface area (Å²) in [5, 5.41) is 3.31. The van der Waals surface area contributed by atoms with Crippen LogP contribution in [0.2, 0.25) is 0 Å². The first-order valence-electron chi connectivity index (χ1n) is 7.75. The maximum Gasteiger partial charge on any atom is 0.352 e. The van der Waals surface area contributed by atoms with Crippen LogP contribution in [0.15, 0.2) is 54.9 Å². The second-order valence-electron chi connectivity index (χ2n) is 4.93. The molecule has 1 aromatic heterocycles. The Hall–Kier alpha value is -1.52. The quantitative estimate of drug-likeness (QED) is 0.699. The molecule has 1 N–H and O–H groups in total. The molecule has 1 heterocycles. The normalized spacial score (nSPS) is 13.0. The van der Waals surface area contributed by atoms with Crippen LogP contribution in [-0.4, -0.2) is 18.2 Å². The van der Waals surface area contributed by atoms with Crippen molar-refractivity contribution in [3.63, 3.8) is 0 Å². The third-order valence-electron chi connectivity index (χ3n) is 3.28. The van der Waals surface area contributed by atoms with Crippen LogP contribution in [-0.2, 0) is 20.2 Å². The number of rotatable bonds is 9. The first-order valence-corrected chi connectivity index (χ1v) is 9.36. The number of benzene rings is 1. The summed E-state index contributed by atoms with van der Waals surface area (Å²) in [6.07, 6.45) is 3.37. The molecule has 0 aliphatic carbocycles. The second-order valence-corrected chi connectivity index (χ2v) is 7.04. The zero-order valence-electron chi connectivity index (χ0n) is 13.5. The molecule has 0 spiro atoms. The lowest BCUT2D eigenvalue weighted by Crippen LogP contribution is -2.23. The van der Waals surface area contributed by atoms with Gasteiger partial charge in [0.1, 0.15) is 5.78 Å². The summed E-state index contributed by atoms with van der Waals surface area (Å²) < 4.78 is 24.2. The molecular weight excluding hydrogens is 311 g/mol. The van der Waals surface area contributed by atoms with Gasteiger partial charge < -0.3 is 9.05 Å². The van der Waals surface area contributed by atoms with Gasteiger partial charge in [0, 0.05) is 18.9 Å². The number of nitrogens with one attached hydrogen (secondary N) is 1. The van der Waals surface area contributed by atoms with Gasteiger partial charge in [0.25, 0.3) is 0 Å². The first kappa shape index (κ1) is 17.8. The van der Waals surface area contributed by atoms with Crippen molar-refractivity contribution < 1.29 is 13.6 Å². The number of hydrogen-bond acceptors (Lipinski definition) is 5. The van der Waals surface area contributed by atoms with Gasteiger partial charge in [0.15, 0.2) is 0 Å². The highest BCUT2D eigenvalue weighted by molar-refractivity contribution is 7.54. The zero-order valence-corrected chi connectivity index (χ0v) is 14.4. The monoisotopic (exact) mass is 334 g/mol. The molecule has 23 heavy (non-hydrogen) atoms. The summed E-state index contributed by atoms with van der Waals surface area (Å²) in [6.45, 7) is 4.82. The molecular formula is C17H23N2O3P. The molecule has 0 amide bonds. The van der Waals surface area contributed by atoms with Crippen molar-refractivity contribution in [3.8, 4) is 0 Å².